The highest BCUT2D eigenvalue weighted by Gasteiger charge is 2.40. The van der Waals surface area contributed by atoms with Gasteiger partial charge in [-0.05, 0) is 18.8 Å². The van der Waals surface area contributed by atoms with Crippen LogP contribution in [0.1, 0.15) is 29.8 Å². The zero-order chi connectivity index (χ0) is 12.0. The van der Waals surface area contributed by atoms with Crippen LogP contribution in [0.25, 0.3) is 0 Å². The lowest BCUT2D eigenvalue weighted by Crippen LogP contribution is -2.26. The van der Waals surface area contributed by atoms with Crippen LogP contribution in [0.4, 0.5) is 13.2 Å². The molecule has 1 aliphatic heterocycles. The quantitative estimate of drug-likeness (QED) is 0.863. The molecular formula is C11H14F3N3. The molecule has 3 rings (SSSR count). The highest BCUT2D eigenvalue weighted by atomic mass is 19.4. The third kappa shape index (κ3) is 2.06. The molecule has 1 aromatic heterocycles. The van der Waals surface area contributed by atoms with E-state index in [-0.39, 0.29) is 6.54 Å². The molecule has 1 N–H and O–H groups in total. The van der Waals surface area contributed by atoms with Crippen LogP contribution >= 0.6 is 0 Å². The maximum absolute atomic E-state index is 12.8. The van der Waals surface area contributed by atoms with E-state index in [1.165, 1.54) is 0 Å². The van der Waals surface area contributed by atoms with E-state index in [0.717, 1.165) is 25.1 Å². The Morgan fingerprint density at radius 2 is 2.12 bits per heavy atom. The molecule has 0 aromatic carbocycles. The summed E-state index contributed by atoms with van der Waals surface area (Å²) in [5.74, 6) is 0.537. The van der Waals surface area contributed by atoms with E-state index in [1.807, 2.05) is 0 Å². The third-order valence-electron chi connectivity index (χ3n) is 3.40. The van der Waals surface area contributed by atoms with Gasteiger partial charge in [0, 0.05) is 37.3 Å². The van der Waals surface area contributed by atoms with E-state index in [1.54, 1.807) is 4.68 Å². The summed E-state index contributed by atoms with van der Waals surface area (Å²) in [7, 11) is 0. The molecule has 1 saturated carbocycles. The van der Waals surface area contributed by atoms with E-state index in [0.29, 0.717) is 24.4 Å². The molecule has 0 radical (unpaired) electrons. The minimum Gasteiger partial charge on any atom is -0.312 e. The van der Waals surface area contributed by atoms with Gasteiger partial charge in [-0.25, -0.2) is 0 Å². The molecule has 1 aromatic rings. The summed E-state index contributed by atoms with van der Waals surface area (Å²) in [5, 5.41) is 6.78. The van der Waals surface area contributed by atoms with Crippen LogP contribution in [0, 0.1) is 5.92 Å². The Bertz CT molecular complexity index is 432. The molecule has 0 amide bonds. The van der Waals surface area contributed by atoms with Crippen LogP contribution in [0.3, 0.4) is 0 Å². The monoisotopic (exact) mass is 245 g/mol. The summed E-state index contributed by atoms with van der Waals surface area (Å²) in [6.07, 6.45) is -1.45. The van der Waals surface area contributed by atoms with Gasteiger partial charge < -0.3 is 5.32 Å². The van der Waals surface area contributed by atoms with Gasteiger partial charge in [-0.1, -0.05) is 0 Å². The molecule has 0 atom stereocenters. The molecule has 6 heteroatoms. The van der Waals surface area contributed by atoms with E-state index < -0.39 is 11.9 Å². The normalized spacial score (nSPS) is 20.4. The van der Waals surface area contributed by atoms with Crippen LogP contribution in [0.2, 0.25) is 0 Å². The number of fused-ring (bicyclic) bond motifs is 1. The molecule has 1 aliphatic carbocycles. The number of nitrogens with one attached hydrogen (secondary N) is 1. The van der Waals surface area contributed by atoms with Crippen LogP contribution in [0.15, 0.2) is 0 Å². The van der Waals surface area contributed by atoms with Crippen molar-refractivity contribution in [1.29, 1.82) is 0 Å². The van der Waals surface area contributed by atoms with E-state index >= 15 is 0 Å². The van der Waals surface area contributed by atoms with Crippen LogP contribution in [-0.2, 0) is 25.7 Å². The predicted molar refractivity (Wildman–Crippen MR) is 55.4 cm³/mol. The Kier molecular flexibility index (Phi) is 2.43. The van der Waals surface area contributed by atoms with Gasteiger partial charge in [-0.15, -0.1) is 0 Å². The number of alkyl halides is 3. The second-order valence-corrected chi connectivity index (χ2v) is 4.82. The molecule has 94 valence electrons. The number of rotatable bonds is 2. The Labute approximate surface area is 97.0 Å². The molecular weight excluding hydrogens is 231 g/mol. The van der Waals surface area contributed by atoms with Crippen molar-refractivity contribution >= 4 is 0 Å². The number of hydrogen-bond acceptors (Lipinski definition) is 2. The van der Waals surface area contributed by atoms with Crippen LogP contribution in [0.5, 0.6) is 0 Å². The lowest BCUT2D eigenvalue weighted by atomic mass is 10.1. The van der Waals surface area contributed by atoms with Gasteiger partial charge in [-0.2, -0.15) is 18.3 Å². The average Bonchev–Trinajstić information content (AvgIpc) is 2.99. The van der Waals surface area contributed by atoms with Crippen molar-refractivity contribution in [2.75, 3.05) is 6.54 Å². The van der Waals surface area contributed by atoms with E-state index in [9.17, 15) is 13.2 Å². The molecule has 1 fully saturated rings. The van der Waals surface area contributed by atoms with Gasteiger partial charge in [0.05, 0.1) is 0 Å². The number of hydrogen-bond donors (Lipinski definition) is 1. The number of nitrogens with zero attached hydrogens (tertiary/aromatic N) is 2. The molecule has 0 unspecified atom stereocenters. The van der Waals surface area contributed by atoms with Gasteiger partial charge in [0.15, 0.2) is 5.69 Å². The van der Waals surface area contributed by atoms with Crippen LogP contribution in [-0.4, -0.2) is 16.3 Å². The minimum atomic E-state index is -4.34. The average molecular weight is 245 g/mol. The number of halogens is 3. The summed E-state index contributed by atoms with van der Waals surface area (Å²) in [4.78, 5) is 0. The first kappa shape index (κ1) is 11.1. The van der Waals surface area contributed by atoms with Gasteiger partial charge in [0.2, 0.25) is 0 Å². The second kappa shape index (κ2) is 3.73. The summed E-state index contributed by atoms with van der Waals surface area (Å²) < 4.78 is 40.1. The van der Waals surface area contributed by atoms with Crippen molar-refractivity contribution in [2.24, 2.45) is 5.92 Å². The molecule has 0 bridgehead atoms. The Morgan fingerprint density at radius 3 is 2.76 bits per heavy atom. The maximum Gasteiger partial charge on any atom is 0.435 e. The van der Waals surface area contributed by atoms with Gasteiger partial charge >= 0.3 is 6.18 Å². The molecule has 2 aliphatic rings. The zero-order valence-corrected chi connectivity index (χ0v) is 9.35. The lowest BCUT2D eigenvalue weighted by Gasteiger charge is -2.15. The number of aromatic nitrogens is 2. The Morgan fingerprint density at radius 1 is 1.35 bits per heavy atom. The van der Waals surface area contributed by atoms with E-state index in [2.05, 4.69) is 10.4 Å². The standard InChI is InChI=1S/C11H14F3N3/c12-11(13,14)10-8-5-15-4-3-9(8)17(16-10)6-7-1-2-7/h7,15H,1-6H2. The van der Waals surface area contributed by atoms with E-state index in [4.69, 9.17) is 0 Å². The summed E-state index contributed by atoms with van der Waals surface area (Å²) in [6.45, 7) is 1.67. The highest BCUT2D eigenvalue weighted by molar-refractivity contribution is 5.30. The van der Waals surface area contributed by atoms with Gasteiger partial charge in [-0.3, -0.25) is 4.68 Å². The van der Waals surface area contributed by atoms with Crippen molar-refractivity contribution in [3.8, 4) is 0 Å². The molecule has 17 heavy (non-hydrogen) atoms. The highest BCUT2D eigenvalue weighted by Crippen LogP contribution is 2.36. The third-order valence-corrected chi connectivity index (χ3v) is 3.40. The lowest BCUT2D eigenvalue weighted by molar-refractivity contribution is -0.142. The second-order valence-electron chi connectivity index (χ2n) is 4.82. The Hall–Kier alpha value is -1.04. The largest absolute Gasteiger partial charge is 0.435 e. The molecule has 3 nitrogen and oxygen atoms in total. The van der Waals surface area contributed by atoms with Crippen molar-refractivity contribution < 1.29 is 13.2 Å². The SMILES string of the molecule is FC(F)(F)c1nn(CC2CC2)c2c1CNCC2. The van der Waals surface area contributed by atoms with Gasteiger partial charge in [0.25, 0.3) is 0 Å². The molecule has 0 saturated heterocycles. The van der Waals surface area contributed by atoms with Crippen molar-refractivity contribution in [1.82, 2.24) is 15.1 Å². The molecule has 0 spiro atoms. The molecule has 2 heterocycles. The van der Waals surface area contributed by atoms with Crippen molar-refractivity contribution in [3.05, 3.63) is 17.0 Å². The fourth-order valence-corrected chi connectivity index (χ4v) is 2.34. The Balaban J connectivity index is 2.00. The summed E-state index contributed by atoms with van der Waals surface area (Å²) in [5.41, 5.74) is 0.438. The summed E-state index contributed by atoms with van der Waals surface area (Å²) >= 11 is 0. The van der Waals surface area contributed by atoms with Crippen molar-refractivity contribution in [3.63, 3.8) is 0 Å². The fraction of sp³-hybridized carbons (Fsp3) is 0.727. The summed E-state index contributed by atoms with van der Waals surface area (Å²) in [6, 6.07) is 0. The fourth-order valence-electron chi connectivity index (χ4n) is 2.34. The first-order valence-electron chi connectivity index (χ1n) is 5.92. The zero-order valence-electron chi connectivity index (χ0n) is 9.35. The first-order chi connectivity index (χ1) is 8.05. The van der Waals surface area contributed by atoms with Crippen LogP contribution < -0.4 is 5.32 Å². The minimum absolute atomic E-state index is 0.287. The smallest absolute Gasteiger partial charge is 0.312 e. The first-order valence-corrected chi connectivity index (χ1v) is 5.92. The van der Waals surface area contributed by atoms with Gasteiger partial charge in [0.1, 0.15) is 0 Å². The topological polar surface area (TPSA) is 29.9 Å². The van der Waals surface area contributed by atoms with Crippen molar-refractivity contribution in [2.45, 2.75) is 38.5 Å². The maximum atomic E-state index is 12.8. The predicted octanol–water partition coefficient (Wildman–Crippen LogP) is 1.96.